The summed E-state index contributed by atoms with van der Waals surface area (Å²) in [4.78, 5) is 59.0. The van der Waals surface area contributed by atoms with Gasteiger partial charge in [0.15, 0.2) is 6.61 Å². The molecule has 0 spiro atoms. The maximum absolute atomic E-state index is 12.7. The highest BCUT2D eigenvalue weighted by Gasteiger charge is 2.35. The summed E-state index contributed by atoms with van der Waals surface area (Å²) in [6.07, 6.45) is 7.03. The van der Waals surface area contributed by atoms with E-state index in [-0.39, 0.29) is 48.0 Å². The second-order valence-electron chi connectivity index (χ2n) is 9.93. The van der Waals surface area contributed by atoms with Crippen molar-refractivity contribution in [1.29, 1.82) is 0 Å². The molecule has 10 nitrogen and oxygen atoms in total. The number of esters is 4. The topological polar surface area (TPSA) is 142 Å². The minimum atomic E-state index is -0.787. The number of hydrogen-bond donors (Lipinski definition) is 1. The monoisotopic (exact) mass is 508 g/mol. The third kappa shape index (κ3) is 8.34. The number of hydrogen-bond acceptors (Lipinski definition) is 9. The maximum Gasteiger partial charge on any atom is 0.344 e. The summed E-state index contributed by atoms with van der Waals surface area (Å²) in [5.41, 5.74) is 0. The Balaban J connectivity index is 1.30. The molecule has 200 valence electrons. The van der Waals surface area contributed by atoms with Gasteiger partial charge in [-0.3, -0.25) is 14.4 Å². The molecule has 0 bridgehead atoms. The first kappa shape index (κ1) is 27.7. The van der Waals surface area contributed by atoms with Crippen molar-refractivity contribution in [2.24, 2.45) is 17.8 Å². The van der Waals surface area contributed by atoms with Gasteiger partial charge in [0.1, 0.15) is 18.3 Å². The van der Waals surface area contributed by atoms with Crippen LogP contribution >= 0.6 is 0 Å². The van der Waals surface area contributed by atoms with Gasteiger partial charge in [-0.05, 0) is 77.0 Å². The van der Waals surface area contributed by atoms with Crippen LogP contribution in [0.25, 0.3) is 0 Å². The van der Waals surface area contributed by atoms with Gasteiger partial charge in [-0.15, -0.1) is 0 Å². The lowest BCUT2D eigenvalue weighted by atomic mass is 9.81. The predicted molar refractivity (Wildman–Crippen MR) is 124 cm³/mol. The number of carbonyl (C=O) groups excluding carboxylic acids is 4. The smallest absolute Gasteiger partial charge is 0.344 e. The van der Waals surface area contributed by atoms with Crippen molar-refractivity contribution < 1.29 is 48.0 Å². The molecule has 3 fully saturated rings. The fourth-order valence-corrected chi connectivity index (χ4v) is 5.19. The average molecular weight is 509 g/mol. The highest BCUT2D eigenvalue weighted by Crippen LogP contribution is 2.34. The molecule has 0 atom stereocenters. The molecule has 3 aliphatic rings. The highest BCUT2D eigenvalue weighted by atomic mass is 16.6. The number of ether oxygens (including phenoxy) is 4. The van der Waals surface area contributed by atoms with E-state index in [9.17, 15) is 24.0 Å². The van der Waals surface area contributed by atoms with Crippen molar-refractivity contribution in [1.82, 2.24) is 0 Å². The van der Waals surface area contributed by atoms with Gasteiger partial charge in [-0.1, -0.05) is 6.58 Å². The third-order valence-electron chi connectivity index (χ3n) is 7.40. The van der Waals surface area contributed by atoms with Gasteiger partial charge in [0.05, 0.1) is 17.8 Å². The summed E-state index contributed by atoms with van der Waals surface area (Å²) in [7, 11) is 0. The van der Waals surface area contributed by atoms with Crippen molar-refractivity contribution in [2.45, 2.75) is 95.4 Å². The first-order valence-corrected chi connectivity index (χ1v) is 12.9. The second-order valence-corrected chi connectivity index (χ2v) is 9.93. The van der Waals surface area contributed by atoms with Gasteiger partial charge < -0.3 is 24.1 Å². The van der Waals surface area contributed by atoms with Gasteiger partial charge in [-0.25, -0.2) is 9.59 Å². The Morgan fingerprint density at radius 3 is 1.44 bits per heavy atom. The molecule has 36 heavy (non-hydrogen) atoms. The molecule has 3 rings (SSSR count). The predicted octanol–water partition coefficient (Wildman–Crippen LogP) is 3.11. The average Bonchev–Trinajstić information content (AvgIpc) is 2.88. The highest BCUT2D eigenvalue weighted by molar-refractivity contribution is 5.83. The van der Waals surface area contributed by atoms with Crippen LogP contribution in [-0.4, -0.2) is 59.9 Å². The Kier molecular flexibility index (Phi) is 10.3. The zero-order valence-corrected chi connectivity index (χ0v) is 20.6. The Labute approximate surface area is 210 Å². The molecule has 0 radical (unpaired) electrons. The van der Waals surface area contributed by atoms with Crippen molar-refractivity contribution in [3.8, 4) is 0 Å². The summed E-state index contributed by atoms with van der Waals surface area (Å²) in [5, 5.41) is 9.09. The molecule has 0 aromatic carbocycles. The molecule has 0 heterocycles. The lowest BCUT2D eigenvalue weighted by Gasteiger charge is -2.32. The van der Waals surface area contributed by atoms with Crippen LogP contribution in [0.4, 0.5) is 0 Å². The number of carboxylic acid groups (broad SMARTS) is 1. The molecule has 10 heteroatoms. The van der Waals surface area contributed by atoms with Crippen LogP contribution in [-0.2, 0) is 42.9 Å². The first-order chi connectivity index (χ1) is 17.2. The van der Waals surface area contributed by atoms with Crippen LogP contribution in [0.15, 0.2) is 12.7 Å². The third-order valence-corrected chi connectivity index (χ3v) is 7.40. The van der Waals surface area contributed by atoms with E-state index in [1.54, 1.807) is 0 Å². The number of carboxylic acids is 1. The van der Waals surface area contributed by atoms with Crippen LogP contribution in [0.2, 0.25) is 0 Å². The summed E-state index contributed by atoms with van der Waals surface area (Å²) in [6.45, 7) is 2.80. The Hall–Kier alpha value is -2.91. The summed E-state index contributed by atoms with van der Waals surface area (Å²) >= 11 is 0. The van der Waals surface area contributed by atoms with E-state index in [1.165, 1.54) is 0 Å². The van der Waals surface area contributed by atoms with Crippen molar-refractivity contribution in [3.05, 3.63) is 12.7 Å². The molecule has 0 amide bonds. The van der Waals surface area contributed by atoms with Crippen molar-refractivity contribution in [2.75, 3.05) is 6.61 Å². The molecule has 1 N–H and O–H groups in total. The lowest BCUT2D eigenvalue weighted by Crippen LogP contribution is -2.35. The van der Waals surface area contributed by atoms with Crippen LogP contribution < -0.4 is 0 Å². The SMILES string of the molecule is C=CC(=O)OCC(=O)OC1CCC(OC(=O)C2CCC(C(=O)OC3CCC(C(=O)O)CC3)CC2)CC1. The molecule has 0 saturated heterocycles. The fraction of sp³-hybridized carbons (Fsp3) is 0.731. The summed E-state index contributed by atoms with van der Waals surface area (Å²) in [5.74, 6) is -3.40. The van der Waals surface area contributed by atoms with Crippen molar-refractivity contribution >= 4 is 29.8 Å². The quantitative estimate of drug-likeness (QED) is 0.280. The van der Waals surface area contributed by atoms with E-state index in [2.05, 4.69) is 11.3 Å². The van der Waals surface area contributed by atoms with Gasteiger partial charge >= 0.3 is 29.8 Å². The summed E-state index contributed by atoms with van der Waals surface area (Å²) in [6, 6.07) is 0. The van der Waals surface area contributed by atoms with Crippen LogP contribution in [0, 0.1) is 17.8 Å². The fourth-order valence-electron chi connectivity index (χ4n) is 5.19. The van der Waals surface area contributed by atoms with E-state index < -0.39 is 24.5 Å². The molecule has 3 aliphatic carbocycles. The molecular formula is C26H36O10. The normalized spacial score (nSPS) is 30.3. The van der Waals surface area contributed by atoms with Crippen molar-refractivity contribution in [3.63, 3.8) is 0 Å². The lowest BCUT2D eigenvalue weighted by molar-refractivity contribution is -0.167. The Morgan fingerprint density at radius 2 is 1.03 bits per heavy atom. The molecule has 3 saturated carbocycles. The minimum Gasteiger partial charge on any atom is -0.481 e. The zero-order valence-electron chi connectivity index (χ0n) is 20.6. The molecule has 0 aromatic rings. The van der Waals surface area contributed by atoms with Crippen LogP contribution in [0.5, 0.6) is 0 Å². The Bertz CT molecular complexity index is 813. The number of rotatable bonds is 9. The van der Waals surface area contributed by atoms with Gasteiger partial charge in [0.2, 0.25) is 0 Å². The largest absolute Gasteiger partial charge is 0.481 e. The van der Waals surface area contributed by atoms with E-state index in [0.717, 1.165) is 6.08 Å². The minimum absolute atomic E-state index is 0.215. The van der Waals surface area contributed by atoms with E-state index >= 15 is 0 Å². The number of aliphatic carboxylic acids is 1. The second kappa shape index (κ2) is 13.4. The standard InChI is InChI=1S/C26H36O10/c1-2-22(27)33-15-23(28)34-19-11-13-21(14-12-19)36-26(32)18-5-3-17(4-6-18)25(31)35-20-9-7-16(8-10-20)24(29)30/h2,16-21H,1,3-15H2,(H,29,30). The molecule has 0 aliphatic heterocycles. The summed E-state index contributed by atoms with van der Waals surface area (Å²) < 4.78 is 21.3. The molecule has 0 unspecified atom stereocenters. The zero-order chi connectivity index (χ0) is 26.1. The number of carbonyl (C=O) groups is 5. The first-order valence-electron chi connectivity index (χ1n) is 12.9. The van der Waals surface area contributed by atoms with Gasteiger partial charge in [0, 0.05) is 6.08 Å². The molecule has 0 aromatic heterocycles. The van der Waals surface area contributed by atoms with Crippen LogP contribution in [0.1, 0.15) is 77.0 Å². The van der Waals surface area contributed by atoms with E-state index in [0.29, 0.717) is 77.0 Å². The van der Waals surface area contributed by atoms with Crippen LogP contribution in [0.3, 0.4) is 0 Å². The van der Waals surface area contributed by atoms with E-state index in [1.807, 2.05) is 0 Å². The van der Waals surface area contributed by atoms with E-state index in [4.69, 9.17) is 19.3 Å². The van der Waals surface area contributed by atoms with Gasteiger partial charge in [0.25, 0.3) is 0 Å². The van der Waals surface area contributed by atoms with Gasteiger partial charge in [-0.2, -0.15) is 0 Å². The maximum atomic E-state index is 12.7. The Morgan fingerprint density at radius 1 is 0.639 bits per heavy atom. The molecular weight excluding hydrogens is 472 g/mol.